The highest BCUT2D eigenvalue weighted by Gasteiger charge is 2.08. The van der Waals surface area contributed by atoms with Crippen LogP contribution in [0.1, 0.15) is 12.2 Å². The highest BCUT2D eigenvalue weighted by Crippen LogP contribution is 2.24. The number of carbonyl (C=O) groups excluding carboxylic acids is 1. The van der Waals surface area contributed by atoms with Gasteiger partial charge in [-0.05, 0) is 54.6 Å². The number of rotatable bonds is 5. The Labute approximate surface area is 150 Å². The lowest BCUT2D eigenvalue weighted by molar-refractivity contribution is -0.116. The maximum atomic E-state index is 12.0. The topological polar surface area (TPSA) is 42.2 Å². The smallest absolute Gasteiger partial charge is 0.224 e. The molecule has 1 heterocycles. The maximum absolute atomic E-state index is 12.0. The average molecular weight is 360 g/mol. The van der Waals surface area contributed by atoms with Gasteiger partial charge in [-0.15, -0.1) is 0 Å². The van der Waals surface area contributed by atoms with Crippen molar-refractivity contribution in [2.24, 2.45) is 0 Å². The Morgan fingerprint density at radius 2 is 1.75 bits per heavy atom. The number of amides is 1. The summed E-state index contributed by atoms with van der Waals surface area (Å²) in [4.78, 5) is 12.0. The molecule has 1 amide bonds. The summed E-state index contributed by atoms with van der Waals surface area (Å²) in [5, 5.41) is 4.09. The Morgan fingerprint density at radius 1 is 0.958 bits per heavy atom. The van der Waals surface area contributed by atoms with Gasteiger partial charge in [0.15, 0.2) is 0 Å². The van der Waals surface area contributed by atoms with E-state index in [1.54, 1.807) is 24.3 Å². The Balaban J connectivity index is 1.57. The van der Waals surface area contributed by atoms with E-state index in [1.807, 2.05) is 36.4 Å². The summed E-state index contributed by atoms with van der Waals surface area (Å²) in [5.41, 5.74) is 1.64. The van der Waals surface area contributed by atoms with Gasteiger partial charge in [0, 0.05) is 34.1 Å². The van der Waals surface area contributed by atoms with E-state index in [2.05, 4.69) is 5.32 Å². The van der Waals surface area contributed by atoms with Crippen molar-refractivity contribution in [2.45, 2.75) is 12.8 Å². The molecular formula is C19H15Cl2NO2. The number of benzene rings is 2. The molecule has 0 saturated carbocycles. The van der Waals surface area contributed by atoms with E-state index in [1.165, 1.54) is 0 Å². The van der Waals surface area contributed by atoms with Crippen LogP contribution >= 0.6 is 23.2 Å². The SMILES string of the molecule is O=C(CCc1ccc(-c2ccc(Cl)cc2)o1)Nc1cccc(Cl)c1. The summed E-state index contributed by atoms with van der Waals surface area (Å²) in [6.45, 7) is 0. The average Bonchev–Trinajstić information content (AvgIpc) is 3.03. The van der Waals surface area contributed by atoms with Crippen LogP contribution in [0.3, 0.4) is 0 Å². The third kappa shape index (κ3) is 4.40. The molecule has 1 N–H and O–H groups in total. The van der Waals surface area contributed by atoms with E-state index in [0.717, 1.165) is 17.1 Å². The molecule has 0 aliphatic rings. The molecular weight excluding hydrogens is 345 g/mol. The summed E-state index contributed by atoms with van der Waals surface area (Å²) in [6.07, 6.45) is 0.861. The monoisotopic (exact) mass is 359 g/mol. The van der Waals surface area contributed by atoms with Crippen molar-refractivity contribution < 1.29 is 9.21 Å². The molecule has 122 valence electrons. The van der Waals surface area contributed by atoms with Crippen molar-refractivity contribution in [1.82, 2.24) is 0 Å². The fourth-order valence-electron chi connectivity index (χ4n) is 2.31. The molecule has 0 atom stereocenters. The van der Waals surface area contributed by atoms with Crippen LogP contribution in [0.4, 0.5) is 5.69 Å². The van der Waals surface area contributed by atoms with E-state index in [-0.39, 0.29) is 5.91 Å². The van der Waals surface area contributed by atoms with Gasteiger partial charge < -0.3 is 9.73 Å². The van der Waals surface area contributed by atoms with Gasteiger partial charge in [-0.1, -0.05) is 29.3 Å². The lowest BCUT2D eigenvalue weighted by Crippen LogP contribution is -2.12. The second kappa shape index (κ2) is 7.56. The second-order valence-corrected chi connectivity index (χ2v) is 6.20. The maximum Gasteiger partial charge on any atom is 0.224 e. The van der Waals surface area contributed by atoms with Gasteiger partial charge in [-0.3, -0.25) is 4.79 Å². The number of hydrogen-bond donors (Lipinski definition) is 1. The molecule has 0 saturated heterocycles. The molecule has 3 rings (SSSR count). The van der Waals surface area contributed by atoms with Crippen molar-refractivity contribution in [3.05, 3.63) is 76.5 Å². The number of hydrogen-bond acceptors (Lipinski definition) is 2. The van der Waals surface area contributed by atoms with Crippen LogP contribution in [-0.4, -0.2) is 5.91 Å². The zero-order chi connectivity index (χ0) is 16.9. The van der Waals surface area contributed by atoms with Crippen molar-refractivity contribution in [3.8, 4) is 11.3 Å². The molecule has 5 heteroatoms. The lowest BCUT2D eigenvalue weighted by atomic mass is 10.2. The molecule has 2 aromatic carbocycles. The second-order valence-electron chi connectivity index (χ2n) is 5.33. The van der Waals surface area contributed by atoms with Crippen LogP contribution < -0.4 is 5.32 Å². The Bertz CT molecular complexity index is 841. The van der Waals surface area contributed by atoms with Gasteiger partial charge in [0.2, 0.25) is 5.91 Å². The Morgan fingerprint density at radius 3 is 2.50 bits per heavy atom. The van der Waals surface area contributed by atoms with Crippen LogP contribution in [0.5, 0.6) is 0 Å². The van der Waals surface area contributed by atoms with Crippen molar-refractivity contribution in [1.29, 1.82) is 0 Å². The zero-order valence-corrected chi connectivity index (χ0v) is 14.3. The van der Waals surface area contributed by atoms with Gasteiger partial charge in [-0.25, -0.2) is 0 Å². The number of nitrogens with one attached hydrogen (secondary N) is 1. The van der Waals surface area contributed by atoms with Crippen LogP contribution in [0.2, 0.25) is 10.0 Å². The van der Waals surface area contributed by atoms with Crippen LogP contribution in [0, 0.1) is 0 Å². The summed E-state index contributed by atoms with van der Waals surface area (Å²) >= 11 is 11.8. The molecule has 3 nitrogen and oxygen atoms in total. The molecule has 3 aromatic rings. The highest BCUT2D eigenvalue weighted by atomic mass is 35.5. The third-order valence-corrected chi connectivity index (χ3v) is 3.98. The molecule has 0 unspecified atom stereocenters. The molecule has 0 spiro atoms. The van der Waals surface area contributed by atoms with E-state index in [4.69, 9.17) is 27.6 Å². The van der Waals surface area contributed by atoms with Crippen molar-refractivity contribution >= 4 is 34.8 Å². The number of aryl methyl sites for hydroxylation is 1. The summed E-state index contributed by atoms with van der Waals surface area (Å²) in [6, 6.07) is 18.3. The van der Waals surface area contributed by atoms with Gasteiger partial charge in [0.1, 0.15) is 11.5 Å². The van der Waals surface area contributed by atoms with Crippen LogP contribution in [-0.2, 0) is 11.2 Å². The zero-order valence-electron chi connectivity index (χ0n) is 12.8. The third-order valence-electron chi connectivity index (χ3n) is 3.50. The molecule has 0 radical (unpaired) electrons. The minimum absolute atomic E-state index is 0.0818. The van der Waals surface area contributed by atoms with E-state index < -0.39 is 0 Å². The Hall–Kier alpha value is -2.23. The van der Waals surface area contributed by atoms with Crippen LogP contribution in [0.15, 0.2) is 65.1 Å². The van der Waals surface area contributed by atoms with E-state index in [0.29, 0.717) is 28.6 Å². The molecule has 0 fully saturated rings. The first-order chi connectivity index (χ1) is 11.6. The quantitative estimate of drug-likeness (QED) is 0.622. The largest absolute Gasteiger partial charge is 0.461 e. The lowest BCUT2D eigenvalue weighted by Gasteiger charge is -2.04. The summed E-state index contributed by atoms with van der Waals surface area (Å²) < 4.78 is 5.79. The summed E-state index contributed by atoms with van der Waals surface area (Å²) in [7, 11) is 0. The fourth-order valence-corrected chi connectivity index (χ4v) is 2.62. The predicted molar refractivity (Wildman–Crippen MR) is 97.6 cm³/mol. The van der Waals surface area contributed by atoms with Gasteiger partial charge in [-0.2, -0.15) is 0 Å². The molecule has 0 bridgehead atoms. The van der Waals surface area contributed by atoms with Crippen molar-refractivity contribution in [2.75, 3.05) is 5.32 Å². The first-order valence-electron chi connectivity index (χ1n) is 7.50. The first-order valence-corrected chi connectivity index (χ1v) is 8.26. The molecule has 0 aliphatic carbocycles. The Kier molecular flexibility index (Phi) is 5.24. The first kappa shape index (κ1) is 16.6. The minimum atomic E-state index is -0.0818. The number of furan rings is 1. The number of carbonyl (C=O) groups is 1. The van der Waals surface area contributed by atoms with Crippen molar-refractivity contribution in [3.63, 3.8) is 0 Å². The number of anilines is 1. The van der Waals surface area contributed by atoms with Crippen LogP contribution in [0.25, 0.3) is 11.3 Å². The fraction of sp³-hybridized carbons (Fsp3) is 0.105. The normalized spacial score (nSPS) is 10.6. The minimum Gasteiger partial charge on any atom is -0.461 e. The molecule has 0 aliphatic heterocycles. The molecule has 1 aromatic heterocycles. The van der Waals surface area contributed by atoms with E-state index in [9.17, 15) is 4.79 Å². The van der Waals surface area contributed by atoms with Gasteiger partial charge in [0.25, 0.3) is 0 Å². The van der Waals surface area contributed by atoms with Gasteiger partial charge >= 0.3 is 0 Å². The van der Waals surface area contributed by atoms with Gasteiger partial charge in [0.05, 0.1) is 0 Å². The van der Waals surface area contributed by atoms with E-state index >= 15 is 0 Å². The predicted octanol–water partition coefficient (Wildman–Crippen LogP) is 5.82. The number of halogens is 2. The molecule has 24 heavy (non-hydrogen) atoms. The highest BCUT2D eigenvalue weighted by molar-refractivity contribution is 6.31. The standard InChI is InChI=1S/C19H15Cl2NO2/c20-14-6-4-13(5-7-14)18-10-8-17(24-18)9-11-19(23)22-16-3-1-2-15(21)12-16/h1-8,10,12H,9,11H2,(H,22,23). The summed E-state index contributed by atoms with van der Waals surface area (Å²) in [5.74, 6) is 1.44.